The van der Waals surface area contributed by atoms with Gasteiger partial charge in [-0.25, -0.2) is 4.98 Å². The second kappa shape index (κ2) is 11.5. The molecular weight excluding hydrogens is 538 g/mol. The van der Waals surface area contributed by atoms with Crippen LogP contribution >= 0.6 is 11.6 Å². The largest absolute Gasteiger partial charge is 0.493 e. The number of ether oxygens (including phenoxy) is 4. The Balaban J connectivity index is 1.29. The first-order valence-corrected chi connectivity index (χ1v) is 12.6. The van der Waals surface area contributed by atoms with E-state index in [9.17, 15) is 14.7 Å². The molecule has 1 aliphatic rings. The van der Waals surface area contributed by atoms with E-state index in [2.05, 4.69) is 15.3 Å². The number of nitrogens with one attached hydrogen (secondary N) is 1. The summed E-state index contributed by atoms with van der Waals surface area (Å²) >= 11 is 6.38. The van der Waals surface area contributed by atoms with E-state index in [0.717, 1.165) is 0 Å². The Labute approximate surface area is 234 Å². The van der Waals surface area contributed by atoms with Gasteiger partial charge in [-0.15, -0.1) is 0 Å². The lowest BCUT2D eigenvalue weighted by atomic mass is 9.93. The summed E-state index contributed by atoms with van der Waals surface area (Å²) in [6.07, 6.45) is 0.370. The van der Waals surface area contributed by atoms with Crippen molar-refractivity contribution in [1.29, 1.82) is 0 Å². The number of rotatable bonds is 8. The van der Waals surface area contributed by atoms with Crippen molar-refractivity contribution >= 4 is 29.3 Å². The van der Waals surface area contributed by atoms with E-state index in [4.69, 9.17) is 30.5 Å². The second-order valence-corrected chi connectivity index (χ2v) is 9.15. The van der Waals surface area contributed by atoms with Crippen molar-refractivity contribution < 1.29 is 33.6 Å². The molecule has 0 saturated heterocycles. The summed E-state index contributed by atoms with van der Waals surface area (Å²) in [5.74, 6) is 0.297. The van der Waals surface area contributed by atoms with Crippen molar-refractivity contribution in [2.45, 2.75) is 12.3 Å². The Morgan fingerprint density at radius 1 is 1.02 bits per heavy atom. The number of methoxy groups -OCH3 is 2. The van der Waals surface area contributed by atoms with Crippen LogP contribution in [0.4, 0.5) is 5.82 Å². The number of carbonyl (C=O) groups is 2. The van der Waals surface area contributed by atoms with E-state index in [0.29, 0.717) is 63.6 Å². The topological polar surface area (TPSA) is 129 Å². The van der Waals surface area contributed by atoms with Gasteiger partial charge in [0, 0.05) is 23.3 Å². The van der Waals surface area contributed by atoms with Gasteiger partial charge in [-0.2, -0.15) is 4.98 Å². The second-order valence-electron chi connectivity index (χ2n) is 8.75. The molecule has 204 valence electrons. The van der Waals surface area contributed by atoms with Crippen LogP contribution in [0.1, 0.15) is 28.3 Å². The highest BCUT2D eigenvalue weighted by molar-refractivity contribution is 6.32. The van der Waals surface area contributed by atoms with Crippen molar-refractivity contribution in [3.63, 3.8) is 0 Å². The van der Waals surface area contributed by atoms with Crippen LogP contribution in [0.5, 0.6) is 29.0 Å². The molecule has 10 nitrogen and oxygen atoms in total. The summed E-state index contributed by atoms with van der Waals surface area (Å²) in [7, 11) is 3.02. The fourth-order valence-corrected chi connectivity index (χ4v) is 4.47. The Kier molecular flexibility index (Phi) is 7.70. The first kappa shape index (κ1) is 26.8. The number of carbonyl (C=O) groups excluding carboxylic acids is 1. The molecule has 0 bridgehead atoms. The number of anilines is 1. The smallest absolute Gasteiger partial charge is 0.311 e. The van der Waals surface area contributed by atoms with E-state index in [1.807, 2.05) is 0 Å². The molecule has 0 radical (unpaired) electrons. The Bertz CT molecular complexity index is 1580. The van der Waals surface area contributed by atoms with Crippen LogP contribution in [0.3, 0.4) is 0 Å². The molecule has 2 aromatic carbocycles. The summed E-state index contributed by atoms with van der Waals surface area (Å²) in [6, 6.07) is 18.3. The molecule has 0 spiro atoms. The van der Waals surface area contributed by atoms with Crippen molar-refractivity contribution in [1.82, 2.24) is 9.97 Å². The number of carboxylic acids is 1. The standard InChI is InChI=1S/C29H24ClN3O7/c1-37-26-11-10-19(28(33-26)38-2)22-4-3-5-25(31-22)32-27(34)16-6-8-17(9-7-16)40-24-15-23-20(14-21(24)30)18(29(35)36)12-13-39-23/h3-11,14-15,18H,12-13H2,1-2H3,(H,35,36)(H,31,32,34). The maximum Gasteiger partial charge on any atom is 0.311 e. The number of nitrogens with zero attached hydrogens (tertiary/aromatic N) is 2. The number of halogens is 1. The lowest BCUT2D eigenvalue weighted by molar-refractivity contribution is -0.139. The van der Waals surface area contributed by atoms with Crippen LogP contribution in [0.15, 0.2) is 66.7 Å². The van der Waals surface area contributed by atoms with Crippen molar-refractivity contribution in [2.75, 3.05) is 26.1 Å². The van der Waals surface area contributed by atoms with E-state index in [1.165, 1.54) is 14.2 Å². The molecular formula is C29H24ClN3O7. The molecule has 5 rings (SSSR count). The van der Waals surface area contributed by atoms with E-state index < -0.39 is 11.9 Å². The first-order valence-electron chi connectivity index (χ1n) is 12.2. The van der Waals surface area contributed by atoms with Crippen molar-refractivity contribution in [3.05, 3.63) is 82.9 Å². The molecule has 4 aromatic rings. The summed E-state index contributed by atoms with van der Waals surface area (Å²) in [6.45, 7) is 0.289. The Morgan fingerprint density at radius 2 is 1.82 bits per heavy atom. The van der Waals surface area contributed by atoms with Gasteiger partial charge < -0.3 is 29.4 Å². The van der Waals surface area contributed by atoms with E-state index in [-0.39, 0.29) is 17.5 Å². The Hall–Kier alpha value is -4.83. The monoisotopic (exact) mass is 561 g/mol. The molecule has 1 unspecified atom stereocenters. The van der Waals surface area contributed by atoms with Gasteiger partial charge in [0.1, 0.15) is 23.1 Å². The predicted octanol–water partition coefficient (Wildman–Crippen LogP) is 5.81. The lowest BCUT2D eigenvalue weighted by Gasteiger charge is -2.24. The molecule has 1 atom stereocenters. The highest BCUT2D eigenvalue weighted by atomic mass is 35.5. The zero-order chi connectivity index (χ0) is 28.2. The number of benzene rings is 2. The fourth-order valence-electron chi connectivity index (χ4n) is 4.26. The fraction of sp³-hybridized carbons (Fsp3) is 0.172. The van der Waals surface area contributed by atoms with Gasteiger partial charge in [-0.05, 0) is 55.0 Å². The number of aliphatic carboxylic acids is 1. The van der Waals surface area contributed by atoms with Crippen molar-refractivity contribution in [3.8, 4) is 40.3 Å². The summed E-state index contributed by atoms with van der Waals surface area (Å²) in [5.41, 5.74) is 2.11. The van der Waals surface area contributed by atoms with Gasteiger partial charge in [0.25, 0.3) is 5.91 Å². The zero-order valence-corrected chi connectivity index (χ0v) is 22.3. The molecule has 0 aliphatic carbocycles. The third-order valence-electron chi connectivity index (χ3n) is 6.25. The van der Waals surface area contributed by atoms with Crippen LogP contribution in [0.2, 0.25) is 5.02 Å². The minimum atomic E-state index is -0.928. The molecule has 40 heavy (non-hydrogen) atoms. The number of carboxylic acid groups (broad SMARTS) is 1. The Morgan fingerprint density at radius 3 is 2.55 bits per heavy atom. The molecule has 2 N–H and O–H groups in total. The van der Waals surface area contributed by atoms with Crippen LogP contribution in [-0.4, -0.2) is 47.8 Å². The average molecular weight is 562 g/mol. The molecule has 0 fully saturated rings. The minimum absolute atomic E-state index is 0.256. The predicted molar refractivity (Wildman–Crippen MR) is 147 cm³/mol. The van der Waals surface area contributed by atoms with Gasteiger partial charge >= 0.3 is 5.97 Å². The zero-order valence-electron chi connectivity index (χ0n) is 21.5. The minimum Gasteiger partial charge on any atom is -0.493 e. The number of hydrogen-bond acceptors (Lipinski definition) is 8. The van der Waals surface area contributed by atoms with Crippen LogP contribution in [0.25, 0.3) is 11.3 Å². The number of pyridine rings is 2. The van der Waals surface area contributed by atoms with Crippen LogP contribution in [-0.2, 0) is 4.79 Å². The van der Waals surface area contributed by atoms with E-state index in [1.54, 1.807) is 66.7 Å². The maximum absolute atomic E-state index is 12.9. The maximum atomic E-state index is 12.9. The number of hydrogen-bond donors (Lipinski definition) is 2. The van der Waals surface area contributed by atoms with Gasteiger partial charge in [0.05, 0.1) is 43.0 Å². The quantitative estimate of drug-likeness (QED) is 0.274. The number of fused-ring (bicyclic) bond motifs is 1. The average Bonchev–Trinajstić information content (AvgIpc) is 2.97. The highest BCUT2D eigenvalue weighted by Gasteiger charge is 2.29. The SMILES string of the molecule is COc1ccc(-c2cccc(NC(=O)c3ccc(Oc4cc5c(cc4Cl)C(C(=O)O)CCO5)cc3)n2)c(OC)n1. The third kappa shape index (κ3) is 5.62. The third-order valence-corrected chi connectivity index (χ3v) is 6.55. The van der Waals surface area contributed by atoms with Gasteiger partial charge in [-0.1, -0.05) is 17.7 Å². The van der Waals surface area contributed by atoms with Gasteiger partial charge in [0.15, 0.2) is 0 Å². The van der Waals surface area contributed by atoms with Gasteiger partial charge in [0.2, 0.25) is 11.8 Å². The molecule has 1 amide bonds. The molecule has 11 heteroatoms. The lowest BCUT2D eigenvalue weighted by Crippen LogP contribution is -2.20. The van der Waals surface area contributed by atoms with E-state index >= 15 is 0 Å². The molecule has 3 heterocycles. The summed E-state index contributed by atoms with van der Waals surface area (Å²) in [4.78, 5) is 33.3. The number of amides is 1. The molecule has 0 saturated carbocycles. The first-order chi connectivity index (χ1) is 19.4. The van der Waals surface area contributed by atoms with Crippen LogP contribution in [0, 0.1) is 0 Å². The molecule has 2 aromatic heterocycles. The normalized spacial score (nSPS) is 13.9. The van der Waals surface area contributed by atoms with Gasteiger partial charge in [-0.3, -0.25) is 9.59 Å². The summed E-state index contributed by atoms with van der Waals surface area (Å²) in [5, 5.41) is 12.5. The number of aromatic nitrogens is 2. The highest BCUT2D eigenvalue weighted by Crippen LogP contribution is 2.42. The molecule has 1 aliphatic heterocycles. The summed E-state index contributed by atoms with van der Waals surface area (Å²) < 4.78 is 22.0. The van der Waals surface area contributed by atoms with Crippen molar-refractivity contribution in [2.24, 2.45) is 0 Å². The van der Waals surface area contributed by atoms with Crippen LogP contribution < -0.4 is 24.3 Å².